The molecular weight excluding hydrogens is 346 g/mol. The third-order valence-corrected chi connectivity index (χ3v) is 6.05. The van der Waals surface area contributed by atoms with Crippen LogP contribution >= 0.6 is 0 Å². The molecule has 1 saturated heterocycles. The Labute approximate surface area is 159 Å². The second kappa shape index (κ2) is 7.11. The highest BCUT2D eigenvalue weighted by atomic mass is 16.5. The first kappa shape index (κ1) is 18.2. The lowest BCUT2D eigenvalue weighted by Crippen LogP contribution is -2.43. The summed E-state index contributed by atoms with van der Waals surface area (Å²) in [7, 11) is 1.56. The molecule has 0 spiro atoms. The fourth-order valence-electron chi connectivity index (χ4n) is 4.40. The molecule has 1 aromatic heterocycles. The van der Waals surface area contributed by atoms with Crippen molar-refractivity contribution in [3.05, 3.63) is 22.9 Å². The Hall–Kier alpha value is -2.15. The number of fused-ring (bicyclic) bond motifs is 1. The van der Waals surface area contributed by atoms with E-state index < -0.39 is 5.60 Å². The molecule has 0 aromatic carbocycles. The van der Waals surface area contributed by atoms with Crippen LogP contribution in [0, 0.1) is 0 Å². The maximum Gasteiger partial charge on any atom is 0.256 e. The summed E-state index contributed by atoms with van der Waals surface area (Å²) in [6, 6.07) is 2.15. The van der Waals surface area contributed by atoms with E-state index in [-0.39, 0.29) is 18.4 Å². The molecule has 7 heteroatoms. The van der Waals surface area contributed by atoms with Crippen molar-refractivity contribution in [2.24, 2.45) is 0 Å². The number of hydrogen-bond donors (Lipinski definition) is 1. The van der Waals surface area contributed by atoms with Gasteiger partial charge in [-0.25, -0.2) is 4.98 Å². The SMILES string of the molecule is COc1nc2c(cc1CNC(=O)C1(C)CCCO1)C(=O)N(C1CCCC1)C2. The van der Waals surface area contributed by atoms with Gasteiger partial charge in [-0.1, -0.05) is 12.8 Å². The first-order valence-corrected chi connectivity index (χ1v) is 9.82. The van der Waals surface area contributed by atoms with Crippen molar-refractivity contribution in [1.82, 2.24) is 15.2 Å². The molecule has 2 amide bonds. The summed E-state index contributed by atoms with van der Waals surface area (Å²) >= 11 is 0. The third kappa shape index (κ3) is 3.29. The van der Waals surface area contributed by atoms with Crippen LogP contribution in [-0.4, -0.2) is 47.1 Å². The van der Waals surface area contributed by atoms with Crippen LogP contribution in [0.4, 0.5) is 0 Å². The summed E-state index contributed by atoms with van der Waals surface area (Å²) in [6.45, 7) is 3.24. The maximum atomic E-state index is 12.9. The Bertz CT molecular complexity index is 752. The van der Waals surface area contributed by atoms with Crippen molar-refractivity contribution in [2.45, 2.75) is 70.2 Å². The van der Waals surface area contributed by atoms with Crippen LogP contribution in [0.15, 0.2) is 6.07 Å². The van der Waals surface area contributed by atoms with E-state index in [9.17, 15) is 9.59 Å². The molecule has 27 heavy (non-hydrogen) atoms. The lowest BCUT2D eigenvalue weighted by atomic mass is 10.0. The second-order valence-electron chi connectivity index (χ2n) is 7.89. The van der Waals surface area contributed by atoms with Gasteiger partial charge in [0, 0.05) is 24.8 Å². The summed E-state index contributed by atoms with van der Waals surface area (Å²) in [5.41, 5.74) is 1.35. The number of rotatable bonds is 5. The molecule has 7 nitrogen and oxygen atoms in total. The Morgan fingerprint density at radius 3 is 2.85 bits per heavy atom. The molecule has 0 bridgehead atoms. The van der Waals surface area contributed by atoms with Crippen LogP contribution in [0.2, 0.25) is 0 Å². The van der Waals surface area contributed by atoms with Gasteiger partial charge in [0.2, 0.25) is 5.88 Å². The second-order valence-corrected chi connectivity index (χ2v) is 7.89. The average Bonchev–Trinajstić information content (AvgIpc) is 3.40. The van der Waals surface area contributed by atoms with Gasteiger partial charge in [-0.05, 0) is 38.7 Å². The van der Waals surface area contributed by atoms with Gasteiger partial charge >= 0.3 is 0 Å². The smallest absolute Gasteiger partial charge is 0.256 e. The highest BCUT2D eigenvalue weighted by Gasteiger charge is 2.38. The summed E-state index contributed by atoms with van der Waals surface area (Å²) in [6.07, 6.45) is 6.10. The third-order valence-electron chi connectivity index (χ3n) is 6.05. The number of methoxy groups -OCH3 is 1. The molecule has 1 N–H and O–H groups in total. The van der Waals surface area contributed by atoms with Crippen molar-refractivity contribution in [2.75, 3.05) is 13.7 Å². The van der Waals surface area contributed by atoms with E-state index in [4.69, 9.17) is 9.47 Å². The number of hydrogen-bond acceptors (Lipinski definition) is 5. The van der Waals surface area contributed by atoms with E-state index in [0.29, 0.717) is 42.6 Å². The number of aromatic nitrogens is 1. The molecule has 0 radical (unpaired) electrons. The number of carbonyl (C=O) groups is 2. The molecule has 3 heterocycles. The maximum absolute atomic E-state index is 12.9. The van der Waals surface area contributed by atoms with Gasteiger partial charge in [0.25, 0.3) is 11.8 Å². The topological polar surface area (TPSA) is 80.8 Å². The van der Waals surface area contributed by atoms with Gasteiger partial charge in [0.1, 0.15) is 5.60 Å². The molecule has 1 unspecified atom stereocenters. The largest absolute Gasteiger partial charge is 0.481 e. The zero-order valence-electron chi connectivity index (χ0n) is 16.0. The number of carbonyl (C=O) groups excluding carboxylic acids is 2. The lowest BCUT2D eigenvalue weighted by molar-refractivity contribution is -0.139. The highest BCUT2D eigenvalue weighted by Crippen LogP contribution is 2.33. The van der Waals surface area contributed by atoms with Crippen LogP contribution in [0.5, 0.6) is 5.88 Å². The fourth-order valence-corrected chi connectivity index (χ4v) is 4.40. The first-order chi connectivity index (χ1) is 13.0. The highest BCUT2D eigenvalue weighted by molar-refractivity contribution is 5.98. The summed E-state index contributed by atoms with van der Waals surface area (Å²) in [5.74, 6) is 0.375. The van der Waals surface area contributed by atoms with Crippen molar-refractivity contribution < 1.29 is 19.1 Å². The van der Waals surface area contributed by atoms with Gasteiger partial charge in [-0.15, -0.1) is 0 Å². The monoisotopic (exact) mass is 373 g/mol. The number of ether oxygens (including phenoxy) is 2. The standard InChI is InChI=1S/C20H27N3O4/c1-20(8-5-9-27-20)19(25)21-11-13-10-15-16(22-17(13)26-2)12-23(18(15)24)14-6-3-4-7-14/h10,14H,3-9,11-12H2,1-2H3,(H,21,25). The zero-order valence-corrected chi connectivity index (χ0v) is 16.0. The predicted octanol–water partition coefficient (Wildman–Crippen LogP) is 2.17. The summed E-state index contributed by atoms with van der Waals surface area (Å²) < 4.78 is 11.0. The minimum atomic E-state index is -0.771. The van der Waals surface area contributed by atoms with Gasteiger partial charge in [-0.3, -0.25) is 9.59 Å². The first-order valence-electron chi connectivity index (χ1n) is 9.82. The number of nitrogens with one attached hydrogen (secondary N) is 1. The van der Waals surface area contributed by atoms with E-state index in [0.717, 1.165) is 25.0 Å². The van der Waals surface area contributed by atoms with Crippen molar-refractivity contribution in [3.8, 4) is 5.88 Å². The molecular formula is C20H27N3O4. The number of nitrogens with zero attached hydrogens (tertiary/aromatic N) is 2. The quantitative estimate of drug-likeness (QED) is 0.856. The van der Waals surface area contributed by atoms with Crippen LogP contribution in [0.1, 0.15) is 67.1 Å². The molecule has 3 aliphatic rings. The molecule has 2 aliphatic heterocycles. The van der Waals surface area contributed by atoms with E-state index in [1.54, 1.807) is 7.11 Å². The minimum absolute atomic E-state index is 0.0470. The molecule has 1 aliphatic carbocycles. The molecule has 146 valence electrons. The Kier molecular flexibility index (Phi) is 4.80. The summed E-state index contributed by atoms with van der Waals surface area (Å²) in [4.78, 5) is 31.9. The fraction of sp³-hybridized carbons (Fsp3) is 0.650. The van der Waals surface area contributed by atoms with Gasteiger partial charge in [0.15, 0.2) is 0 Å². The van der Waals surface area contributed by atoms with E-state index in [1.807, 2.05) is 17.9 Å². The van der Waals surface area contributed by atoms with Crippen LogP contribution in [-0.2, 0) is 22.6 Å². The van der Waals surface area contributed by atoms with Crippen LogP contribution in [0.3, 0.4) is 0 Å². The van der Waals surface area contributed by atoms with Crippen molar-refractivity contribution in [3.63, 3.8) is 0 Å². The lowest BCUT2D eigenvalue weighted by Gasteiger charge is -2.22. The zero-order chi connectivity index (χ0) is 19.0. The normalized spacial score (nSPS) is 25.1. The van der Waals surface area contributed by atoms with Gasteiger partial charge in [0.05, 0.1) is 24.9 Å². The Balaban J connectivity index is 1.51. The van der Waals surface area contributed by atoms with Crippen molar-refractivity contribution >= 4 is 11.8 Å². The molecule has 1 aromatic rings. The summed E-state index contributed by atoms with van der Waals surface area (Å²) in [5, 5.41) is 2.92. The van der Waals surface area contributed by atoms with E-state index >= 15 is 0 Å². The molecule has 2 fully saturated rings. The Morgan fingerprint density at radius 1 is 1.41 bits per heavy atom. The number of amides is 2. The molecule has 1 saturated carbocycles. The minimum Gasteiger partial charge on any atom is -0.481 e. The molecule has 4 rings (SSSR count). The Morgan fingerprint density at radius 2 is 2.19 bits per heavy atom. The number of pyridine rings is 1. The van der Waals surface area contributed by atoms with Crippen LogP contribution < -0.4 is 10.1 Å². The predicted molar refractivity (Wildman–Crippen MR) is 98.4 cm³/mol. The molecule has 1 atom stereocenters. The van der Waals surface area contributed by atoms with E-state index in [1.165, 1.54) is 12.8 Å². The van der Waals surface area contributed by atoms with E-state index in [2.05, 4.69) is 10.3 Å². The van der Waals surface area contributed by atoms with Crippen molar-refractivity contribution in [1.29, 1.82) is 0 Å². The van der Waals surface area contributed by atoms with Gasteiger partial charge < -0.3 is 19.7 Å². The van der Waals surface area contributed by atoms with Crippen LogP contribution in [0.25, 0.3) is 0 Å². The van der Waals surface area contributed by atoms with Gasteiger partial charge in [-0.2, -0.15) is 0 Å². The average molecular weight is 373 g/mol.